The summed E-state index contributed by atoms with van der Waals surface area (Å²) in [5, 5.41) is 5.14. The Kier molecular flexibility index (Phi) is 4.63. The van der Waals surface area contributed by atoms with Crippen LogP contribution in [-0.2, 0) is 13.5 Å². The van der Waals surface area contributed by atoms with Gasteiger partial charge in [0.25, 0.3) is 5.56 Å². The summed E-state index contributed by atoms with van der Waals surface area (Å²) >= 11 is 0. The van der Waals surface area contributed by atoms with E-state index in [1.807, 2.05) is 60.8 Å². The van der Waals surface area contributed by atoms with Crippen molar-refractivity contribution in [1.82, 2.24) is 19.5 Å². The van der Waals surface area contributed by atoms with E-state index in [0.29, 0.717) is 23.6 Å². The van der Waals surface area contributed by atoms with Crippen molar-refractivity contribution in [2.24, 2.45) is 7.05 Å². The van der Waals surface area contributed by atoms with Gasteiger partial charge < -0.3 is 15.0 Å². The van der Waals surface area contributed by atoms with Gasteiger partial charge in [-0.25, -0.2) is 4.98 Å². The molecular formula is C24H21N5O2. The molecule has 0 amide bonds. The number of H-pyrrole nitrogens is 1. The predicted octanol–water partition coefficient (Wildman–Crippen LogP) is 4.15. The smallest absolute Gasteiger partial charge is 0.255 e. The van der Waals surface area contributed by atoms with Crippen LogP contribution in [0.15, 0.2) is 71.8 Å². The zero-order valence-electron chi connectivity index (χ0n) is 17.2. The highest BCUT2D eigenvalue weighted by atomic mass is 16.5. The highest BCUT2D eigenvalue weighted by Crippen LogP contribution is 2.21. The molecule has 0 unspecified atom stereocenters. The lowest BCUT2D eigenvalue weighted by Gasteiger charge is -2.11. The zero-order chi connectivity index (χ0) is 21.4. The summed E-state index contributed by atoms with van der Waals surface area (Å²) in [6.07, 6.45) is 4.18. The van der Waals surface area contributed by atoms with E-state index in [-0.39, 0.29) is 5.56 Å². The number of benzene rings is 2. The first-order chi connectivity index (χ1) is 15.1. The number of nitrogens with one attached hydrogen (secondary N) is 2. The molecule has 0 aliphatic carbocycles. The van der Waals surface area contributed by atoms with Gasteiger partial charge in [-0.1, -0.05) is 12.1 Å². The van der Waals surface area contributed by atoms with E-state index in [2.05, 4.69) is 20.3 Å². The third-order valence-electron chi connectivity index (χ3n) is 5.39. The molecule has 0 bridgehead atoms. The van der Waals surface area contributed by atoms with E-state index in [1.165, 1.54) is 0 Å². The summed E-state index contributed by atoms with van der Waals surface area (Å²) in [5.41, 5.74) is 4.20. The summed E-state index contributed by atoms with van der Waals surface area (Å²) in [6, 6.07) is 17.6. The van der Waals surface area contributed by atoms with Gasteiger partial charge in [-0.15, -0.1) is 0 Å². The minimum Gasteiger partial charge on any atom is -0.497 e. The maximum absolute atomic E-state index is 13.0. The maximum Gasteiger partial charge on any atom is 0.255 e. The van der Waals surface area contributed by atoms with Crippen LogP contribution in [-0.4, -0.2) is 26.6 Å². The van der Waals surface area contributed by atoms with E-state index in [0.717, 1.165) is 33.3 Å². The van der Waals surface area contributed by atoms with Crippen molar-refractivity contribution in [3.63, 3.8) is 0 Å². The Labute approximate surface area is 178 Å². The Bertz CT molecular complexity index is 1450. The molecule has 2 aromatic carbocycles. The average molecular weight is 411 g/mol. The summed E-state index contributed by atoms with van der Waals surface area (Å²) in [5.74, 6) is 1.24. The van der Waals surface area contributed by atoms with Crippen molar-refractivity contribution in [1.29, 1.82) is 0 Å². The van der Waals surface area contributed by atoms with Crippen molar-refractivity contribution >= 4 is 33.6 Å². The van der Waals surface area contributed by atoms with E-state index in [9.17, 15) is 4.79 Å². The molecule has 7 heteroatoms. The third-order valence-corrected chi connectivity index (χ3v) is 5.39. The second-order valence-corrected chi connectivity index (χ2v) is 7.44. The van der Waals surface area contributed by atoms with Gasteiger partial charge in [0.1, 0.15) is 11.4 Å². The van der Waals surface area contributed by atoms with Gasteiger partial charge in [0.15, 0.2) is 0 Å². The van der Waals surface area contributed by atoms with E-state index in [4.69, 9.17) is 4.74 Å². The molecule has 31 heavy (non-hydrogen) atoms. The van der Waals surface area contributed by atoms with Crippen molar-refractivity contribution in [3.8, 4) is 5.75 Å². The minimum absolute atomic E-state index is 0.0679. The van der Waals surface area contributed by atoms with Crippen molar-refractivity contribution < 1.29 is 4.74 Å². The quantitative estimate of drug-likeness (QED) is 0.454. The molecular weight excluding hydrogens is 390 g/mol. The van der Waals surface area contributed by atoms with E-state index >= 15 is 0 Å². The maximum atomic E-state index is 13.0. The molecule has 5 aromatic rings. The van der Waals surface area contributed by atoms with Crippen LogP contribution in [0.2, 0.25) is 0 Å². The molecule has 5 rings (SSSR count). The number of fused-ring (bicyclic) bond motifs is 2. The molecule has 0 radical (unpaired) electrons. The topological polar surface area (TPSA) is 84.8 Å². The molecule has 0 aliphatic rings. The summed E-state index contributed by atoms with van der Waals surface area (Å²) < 4.78 is 6.78. The number of nitrogens with zero attached hydrogens (tertiary/aromatic N) is 3. The van der Waals surface area contributed by atoms with Crippen molar-refractivity contribution in [2.45, 2.75) is 6.42 Å². The van der Waals surface area contributed by atoms with Gasteiger partial charge >= 0.3 is 0 Å². The van der Waals surface area contributed by atoms with Crippen LogP contribution in [0.1, 0.15) is 11.1 Å². The molecule has 2 N–H and O–H groups in total. The SMILES string of the molecule is COc1ccc(Cc2cc3cnc(Nc4ccc5[nH]ccc5c4)nc3n(C)c2=O)cc1. The van der Waals surface area contributed by atoms with E-state index < -0.39 is 0 Å². The molecule has 3 heterocycles. The van der Waals surface area contributed by atoms with Crippen LogP contribution >= 0.6 is 0 Å². The number of pyridine rings is 1. The number of rotatable bonds is 5. The van der Waals surface area contributed by atoms with Gasteiger partial charge in [-0.05, 0) is 48.0 Å². The highest BCUT2D eigenvalue weighted by Gasteiger charge is 2.11. The first-order valence-corrected chi connectivity index (χ1v) is 9.93. The van der Waals surface area contributed by atoms with Crippen molar-refractivity contribution in [2.75, 3.05) is 12.4 Å². The van der Waals surface area contributed by atoms with Gasteiger partial charge in [0, 0.05) is 53.4 Å². The second kappa shape index (κ2) is 7.60. The molecule has 0 spiro atoms. The number of aryl methyl sites for hydroxylation is 1. The molecule has 0 saturated heterocycles. The summed E-state index contributed by atoms with van der Waals surface area (Å²) in [7, 11) is 3.38. The predicted molar refractivity (Wildman–Crippen MR) is 122 cm³/mol. The van der Waals surface area contributed by atoms with Crippen molar-refractivity contribution in [3.05, 3.63) is 88.5 Å². The standard InChI is InChI=1S/C24H21N5O2/c1-29-22-18(12-17(23(29)30)11-15-3-6-20(31-2)7-4-15)14-26-24(28-22)27-19-5-8-21-16(13-19)9-10-25-21/h3-10,12-14,25H,11H2,1-2H3,(H,26,27,28). The highest BCUT2D eigenvalue weighted by molar-refractivity contribution is 5.84. The Balaban J connectivity index is 1.46. The molecule has 0 aliphatic heterocycles. The summed E-state index contributed by atoms with van der Waals surface area (Å²) in [4.78, 5) is 25.2. The van der Waals surface area contributed by atoms with Crippen LogP contribution in [0.3, 0.4) is 0 Å². The molecule has 0 saturated carbocycles. The first kappa shape index (κ1) is 18.9. The number of hydrogen-bond donors (Lipinski definition) is 2. The normalized spacial score (nSPS) is 11.2. The fourth-order valence-corrected chi connectivity index (χ4v) is 3.72. The van der Waals surface area contributed by atoms with Crippen LogP contribution in [0.5, 0.6) is 5.75 Å². The summed E-state index contributed by atoms with van der Waals surface area (Å²) in [6.45, 7) is 0. The monoisotopic (exact) mass is 411 g/mol. The molecule has 0 atom stereocenters. The van der Waals surface area contributed by atoms with Gasteiger partial charge in [-0.3, -0.25) is 9.36 Å². The lowest BCUT2D eigenvalue weighted by molar-refractivity contribution is 0.414. The van der Waals surface area contributed by atoms with Gasteiger partial charge in [0.2, 0.25) is 5.95 Å². The van der Waals surface area contributed by atoms with Crippen LogP contribution in [0, 0.1) is 0 Å². The fourth-order valence-electron chi connectivity index (χ4n) is 3.72. The van der Waals surface area contributed by atoms with Crippen LogP contribution in [0.4, 0.5) is 11.6 Å². The molecule has 7 nitrogen and oxygen atoms in total. The number of aromatic amines is 1. The van der Waals surface area contributed by atoms with Crippen LogP contribution < -0.4 is 15.6 Å². The molecule has 154 valence electrons. The Morgan fingerprint density at radius 2 is 1.90 bits per heavy atom. The fraction of sp³-hybridized carbons (Fsp3) is 0.125. The lowest BCUT2D eigenvalue weighted by atomic mass is 10.1. The largest absolute Gasteiger partial charge is 0.497 e. The van der Waals surface area contributed by atoms with Crippen LogP contribution in [0.25, 0.3) is 21.9 Å². The first-order valence-electron chi connectivity index (χ1n) is 9.93. The second-order valence-electron chi connectivity index (χ2n) is 7.44. The third kappa shape index (κ3) is 3.61. The Morgan fingerprint density at radius 3 is 2.71 bits per heavy atom. The number of hydrogen-bond acceptors (Lipinski definition) is 5. The number of aromatic nitrogens is 4. The number of ether oxygens (including phenoxy) is 1. The van der Waals surface area contributed by atoms with Gasteiger partial charge in [0.05, 0.1) is 7.11 Å². The lowest BCUT2D eigenvalue weighted by Crippen LogP contribution is -2.22. The van der Waals surface area contributed by atoms with Gasteiger partial charge in [-0.2, -0.15) is 4.98 Å². The zero-order valence-corrected chi connectivity index (χ0v) is 17.2. The number of anilines is 2. The minimum atomic E-state index is -0.0679. The molecule has 0 fully saturated rings. The Hall–Kier alpha value is -4.13. The Morgan fingerprint density at radius 1 is 1.06 bits per heavy atom. The molecule has 3 aromatic heterocycles. The number of methoxy groups -OCH3 is 1. The van der Waals surface area contributed by atoms with E-state index in [1.54, 1.807) is 24.9 Å². The average Bonchev–Trinajstić information content (AvgIpc) is 3.26.